The van der Waals surface area contributed by atoms with Gasteiger partial charge in [0.05, 0.1) is 24.8 Å². The third kappa shape index (κ3) is 5.13. The standard InChI is InChI=1S/C18H28N2O3/c1-3-22-17-6-5-14(13-16(17)19)7-10-20-11-8-15(9-12-20)18(21)23-4-2/h5-6,13,15H,3-4,7-12,19H2,1-2H3. The summed E-state index contributed by atoms with van der Waals surface area (Å²) in [6.07, 6.45) is 2.75. The minimum atomic E-state index is -0.0357. The Hall–Kier alpha value is -1.75. The zero-order valence-electron chi connectivity index (χ0n) is 14.2. The molecule has 2 N–H and O–H groups in total. The molecular formula is C18H28N2O3. The molecule has 5 heteroatoms. The van der Waals surface area contributed by atoms with E-state index in [0.29, 0.717) is 18.9 Å². The highest BCUT2D eigenvalue weighted by molar-refractivity contribution is 5.72. The van der Waals surface area contributed by atoms with Gasteiger partial charge in [-0.2, -0.15) is 0 Å². The Balaban J connectivity index is 1.77. The molecule has 1 aromatic carbocycles. The smallest absolute Gasteiger partial charge is 0.309 e. The first kappa shape index (κ1) is 17.6. The van der Waals surface area contributed by atoms with Crippen molar-refractivity contribution in [2.45, 2.75) is 33.1 Å². The summed E-state index contributed by atoms with van der Waals surface area (Å²) in [6.45, 7) is 7.80. The van der Waals surface area contributed by atoms with Crippen molar-refractivity contribution in [3.63, 3.8) is 0 Å². The van der Waals surface area contributed by atoms with Gasteiger partial charge >= 0.3 is 5.97 Å². The number of rotatable bonds is 7. The summed E-state index contributed by atoms with van der Waals surface area (Å²) in [5.74, 6) is 0.797. The van der Waals surface area contributed by atoms with E-state index < -0.39 is 0 Å². The van der Waals surface area contributed by atoms with Crippen LogP contribution in [0.5, 0.6) is 5.75 Å². The molecule has 23 heavy (non-hydrogen) atoms. The second-order valence-corrected chi connectivity index (χ2v) is 5.92. The molecule has 0 unspecified atom stereocenters. The zero-order valence-corrected chi connectivity index (χ0v) is 14.2. The number of carbonyl (C=O) groups is 1. The van der Waals surface area contributed by atoms with E-state index in [0.717, 1.165) is 44.6 Å². The largest absolute Gasteiger partial charge is 0.492 e. The Morgan fingerprint density at radius 3 is 2.61 bits per heavy atom. The van der Waals surface area contributed by atoms with Crippen molar-refractivity contribution in [1.82, 2.24) is 4.90 Å². The van der Waals surface area contributed by atoms with E-state index >= 15 is 0 Å². The van der Waals surface area contributed by atoms with E-state index in [1.807, 2.05) is 26.0 Å². The lowest BCUT2D eigenvalue weighted by molar-refractivity contribution is -0.149. The van der Waals surface area contributed by atoms with Crippen molar-refractivity contribution in [2.24, 2.45) is 5.92 Å². The average molecular weight is 320 g/mol. The quantitative estimate of drug-likeness (QED) is 0.617. The van der Waals surface area contributed by atoms with Crippen LogP contribution in [0, 0.1) is 5.92 Å². The van der Waals surface area contributed by atoms with Crippen molar-refractivity contribution >= 4 is 11.7 Å². The fourth-order valence-corrected chi connectivity index (χ4v) is 2.98. The summed E-state index contributed by atoms with van der Waals surface area (Å²) in [6, 6.07) is 6.02. The summed E-state index contributed by atoms with van der Waals surface area (Å²) >= 11 is 0. The van der Waals surface area contributed by atoms with Crippen LogP contribution in [0.4, 0.5) is 5.69 Å². The SMILES string of the molecule is CCOC(=O)C1CCN(CCc2ccc(OCC)c(N)c2)CC1. The molecule has 2 rings (SSSR count). The number of ether oxygens (including phenoxy) is 2. The predicted octanol–water partition coefficient (Wildman–Crippen LogP) is 2.49. The van der Waals surface area contributed by atoms with Gasteiger partial charge in [0.25, 0.3) is 0 Å². The lowest BCUT2D eigenvalue weighted by Crippen LogP contribution is -2.38. The molecule has 1 fully saturated rings. The Labute approximate surface area is 138 Å². The third-order valence-electron chi connectivity index (χ3n) is 4.30. The maximum atomic E-state index is 11.7. The number of carbonyl (C=O) groups excluding carboxylic acids is 1. The predicted molar refractivity (Wildman–Crippen MR) is 91.5 cm³/mol. The topological polar surface area (TPSA) is 64.8 Å². The maximum absolute atomic E-state index is 11.7. The number of anilines is 1. The van der Waals surface area contributed by atoms with Gasteiger partial charge in [-0.15, -0.1) is 0 Å². The lowest BCUT2D eigenvalue weighted by atomic mass is 9.96. The van der Waals surface area contributed by atoms with Crippen LogP contribution in [0.3, 0.4) is 0 Å². The molecule has 128 valence electrons. The fraction of sp³-hybridized carbons (Fsp3) is 0.611. The summed E-state index contributed by atoms with van der Waals surface area (Å²) in [7, 11) is 0. The number of piperidine rings is 1. The van der Waals surface area contributed by atoms with E-state index in [2.05, 4.69) is 11.0 Å². The van der Waals surface area contributed by atoms with Crippen LogP contribution in [0.2, 0.25) is 0 Å². The van der Waals surface area contributed by atoms with Crippen molar-refractivity contribution < 1.29 is 14.3 Å². The number of hydrogen-bond acceptors (Lipinski definition) is 5. The van der Waals surface area contributed by atoms with Crippen molar-refractivity contribution in [3.05, 3.63) is 23.8 Å². The van der Waals surface area contributed by atoms with Crippen molar-refractivity contribution in [3.8, 4) is 5.75 Å². The van der Waals surface area contributed by atoms with Gasteiger partial charge in [0.2, 0.25) is 0 Å². The van der Waals surface area contributed by atoms with Gasteiger partial charge in [0, 0.05) is 6.54 Å². The molecule has 5 nitrogen and oxygen atoms in total. The molecule has 0 aromatic heterocycles. The van der Waals surface area contributed by atoms with Gasteiger partial charge < -0.3 is 20.1 Å². The number of nitrogen functional groups attached to an aromatic ring is 1. The van der Waals surface area contributed by atoms with Crippen LogP contribution in [0.15, 0.2) is 18.2 Å². The molecule has 1 heterocycles. The van der Waals surface area contributed by atoms with Crippen LogP contribution in [0.1, 0.15) is 32.3 Å². The Bertz CT molecular complexity index is 511. The van der Waals surface area contributed by atoms with E-state index in [1.54, 1.807) is 0 Å². The van der Waals surface area contributed by atoms with Gasteiger partial charge in [-0.1, -0.05) is 6.07 Å². The second-order valence-electron chi connectivity index (χ2n) is 5.92. The highest BCUT2D eigenvalue weighted by atomic mass is 16.5. The highest BCUT2D eigenvalue weighted by Gasteiger charge is 2.25. The average Bonchev–Trinajstić information content (AvgIpc) is 2.56. The first-order chi connectivity index (χ1) is 11.1. The van der Waals surface area contributed by atoms with Crippen LogP contribution < -0.4 is 10.5 Å². The molecule has 1 saturated heterocycles. The molecule has 1 aromatic rings. The lowest BCUT2D eigenvalue weighted by Gasteiger charge is -2.30. The van der Waals surface area contributed by atoms with Gasteiger partial charge in [0.15, 0.2) is 0 Å². The zero-order chi connectivity index (χ0) is 16.7. The maximum Gasteiger partial charge on any atom is 0.309 e. The first-order valence-electron chi connectivity index (χ1n) is 8.54. The third-order valence-corrected chi connectivity index (χ3v) is 4.30. The normalized spacial score (nSPS) is 16.3. The first-order valence-corrected chi connectivity index (χ1v) is 8.54. The molecule has 0 saturated carbocycles. The highest BCUT2D eigenvalue weighted by Crippen LogP contribution is 2.23. The van der Waals surface area contributed by atoms with Crippen LogP contribution >= 0.6 is 0 Å². The molecule has 0 atom stereocenters. The van der Waals surface area contributed by atoms with Crippen LogP contribution in [0.25, 0.3) is 0 Å². The molecule has 0 bridgehead atoms. The molecule has 0 aliphatic carbocycles. The number of hydrogen-bond donors (Lipinski definition) is 1. The molecule has 1 aliphatic heterocycles. The van der Waals surface area contributed by atoms with Crippen molar-refractivity contribution in [2.75, 3.05) is 38.6 Å². The minimum Gasteiger partial charge on any atom is -0.492 e. The van der Waals surface area contributed by atoms with E-state index in [4.69, 9.17) is 15.2 Å². The van der Waals surface area contributed by atoms with Gasteiger partial charge in [-0.05, 0) is 63.9 Å². The summed E-state index contributed by atoms with van der Waals surface area (Å²) < 4.78 is 10.6. The minimum absolute atomic E-state index is 0.0357. The van der Waals surface area contributed by atoms with Crippen molar-refractivity contribution in [1.29, 1.82) is 0 Å². The van der Waals surface area contributed by atoms with E-state index in [-0.39, 0.29) is 11.9 Å². The van der Waals surface area contributed by atoms with Crippen LogP contribution in [-0.2, 0) is 16.0 Å². The fourth-order valence-electron chi connectivity index (χ4n) is 2.98. The Morgan fingerprint density at radius 2 is 2.00 bits per heavy atom. The second kappa shape index (κ2) is 8.77. The molecule has 1 aliphatic rings. The van der Waals surface area contributed by atoms with Gasteiger partial charge in [0.1, 0.15) is 5.75 Å². The summed E-state index contributed by atoms with van der Waals surface area (Å²) in [5.41, 5.74) is 7.93. The summed E-state index contributed by atoms with van der Waals surface area (Å²) in [5, 5.41) is 0. The Morgan fingerprint density at radius 1 is 1.26 bits per heavy atom. The van der Waals surface area contributed by atoms with E-state index in [9.17, 15) is 4.79 Å². The molecule has 0 amide bonds. The van der Waals surface area contributed by atoms with Crippen LogP contribution in [-0.4, -0.2) is 43.7 Å². The van der Waals surface area contributed by atoms with E-state index in [1.165, 1.54) is 5.56 Å². The number of esters is 1. The number of benzene rings is 1. The number of nitrogens with two attached hydrogens (primary N) is 1. The molecule has 0 radical (unpaired) electrons. The number of nitrogens with zero attached hydrogens (tertiary/aromatic N) is 1. The molecular weight excluding hydrogens is 292 g/mol. The molecule has 0 spiro atoms. The van der Waals surface area contributed by atoms with Gasteiger partial charge in [-0.25, -0.2) is 0 Å². The monoisotopic (exact) mass is 320 g/mol. The van der Waals surface area contributed by atoms with Gasteiger partial charge in [-0.3, -0.25) is 4.79 Å². The Kier molecular flexibility index (Phi) is 6.71. The number of likely N-dealkylation sites (tertiary alicyclic amines) is 1. The summed E-state index contributed by atoms with van der Waals surface area (Å²) in [4.78, 5) is 14.1.